The number of hydrogen-bond acceptors (Lipinski definition) is 2. The first kappa shape index (κ1) is 13.9. The van der Waals surface area contributed by atoms with Crippen molar-refractivity contribution in [2.45, 2.75) is 6.54 Å². The molecule has 0 unspecified atom stereocenters. The van der Waals surface area contributed by atoms with Gasteiger partial charge in [0.1, 0.15) is 0 Å². The highest BCUT2D eigenvalue weighted by atomic mass is 19.2. The number of aromatic hydroxyl groups is 1. The molecule has 0 fully saturated rings. The molecule has 0 radical (unpaired) electrons. The molecule has 0 bridgehead atoms. The van der Waals surface area contributed by atoms with Crippen molar-refractivity contribution >= 4 is 11.6 Å². The summed E-state index contributed by atoms with van der Waals surface area (Å²) in [6.07, 6.45) is 2.81. The number of benzene rings is 1. The number of carbonyl (C=O) groups excluding carboxylic acids is 1. The van der Waals surface area contributed by atoms with Gasteiger partial charge in [0.25, 0.3) is 5.91 Å². The van der Waals surface area contributed by atoms with E-state index in [1.807, 2.05) is 0 Å². The van der Waals surface area contributed by atoms with Crippen LogP contribution in [-0.4, -0.2) is 11.0 Å². The Morgan fingerprint density at radius 1 is 1.20 bits per heavy atom. The number of nitrogens with zero attached hydrogens (tertiary/aromatic N) is 1. The molecule has 2 rings (SSSR count). The normalized spacial score (nSPS) is 10.3. The number of amides is 1. The molecule has 0 saturated heterocycles. The third-order valence-electron chi connectivity index (χ3n) is 2.48. The summed E-state index contributed by atoms with van der Waals surface area (Å²) < 4.78 is 40.4. The molecule has 1 aromatic carbocycles. The smallest absolute Gasteiger partial charge is 0.290 e. The lowest BCUT2D eigenvalue weighted by Crippen LogP contribution is -2.39. The summed E-state index contributed by atoms with van der Waals surface area (Å²) in [4.78, 5) is 11.6. The van der Waals surface area contributed by atoms with Crippen molar-refractivity contribution in [2.24, 2.45) is 0 Å². The van der Waals surface area contributed by atoms with Crippen LogP contribution in [0.4, 0.5) is 18.9 Å². The van der Waals surface area contributed by atoms with Gasteiger partial charge in [-0.2, -0.15) is 4.57 Å². The zero-order chi connectivity index (χ0) is 14.7. The molecule has 2 aromatic rings. The minimum atomic E-state index is -1.65. The van der Waals surface area contributed by atoms with Crippen LogP contribution < -0.4 is 9.88 Å². The molecule has 0 saturated carbocycles. The van der Waals surface area contributed by atoms with E-state index in [1.54, 1.807) is 0 Å². The first-order valence-corrected chi connectivity index (χ1v) is 5.59. The molecule has 1 heterocycles. The van der Waals surface area contributed by atoms with E-state index < -0.39 is 29.0 Å². The van der Waals surface area contributed by atoms with Crippen LogP contribution in [0.15, 0.2) is 36.7 Å². The molecule has 4 nitrogen and oxygen atoms in total. The van der Waals surface area contributed by atoms with Crippen molar-refractivity contribution in [3.8, 4) is 5.75 Å². The van der Waals surface area contributed by atoms with E-state index in [1.165, 1.54) is 29.1 Å². The summed E-state index contributed by atoms with van der Waals surface area (Å²) in [7, 11) is 0. The molecule has 1 amide bonds. The van der Waals surface area contributed by atoms with E-state index in [0.29, 0.717) is 0 Å². The Morgan fingerprint density at radius 3 is 2.65 bits per heavy atom. The second-order valence-electron chi connectivity index (χ2n) is 4.01. The largest absolute Gasteiger partial charge is 0.503 e. The Hall–Kier alpha value is -2.57. The number of anilines is 1. The summed E-state index contributed by atoms with van der Waals surface area (Å²) in [6.45, 7) is -0.215. The Morgan fingerprint density at radius 2 is 1.95 bits per heavy atom. The number of aromatic nitrogens is 1. The average molecular weight is 283 g/mol. The predicted octanol–water partition coefficient (Wildman–Crippen LogP) is 1.74. The average Bonchev–Trinajstić information content (AvgIpc) is 2.39. The summed E-state index contributed by atoms with van der Waals surface area (Å²) in [6, 6.07) is 4.58. The molecule has 0 aliphatic rings. The van der Waals surface area contributed by atoms with Crippen LogP contribution in [0.5, 0.6) is 5.75 Å². The topological polar surface area (TPSA) is 53.2 Å². The van der Waals surface area contributed by atoms with E-state index in [2.05, 4.69) is 5.32 Å². The van der Waals surface area contributed by atoms with Gasteiger partial charge >= 0.3 is 0 Å². The van der Waals surface area contributed by atoms with Crippen molar-refractivity contribution in [1.29, 1.82) is 0 Å². The molecule has 2 N–H and O–H groups in total. The molecule has 0 atom stereocenters. The highest BCUT2D eigenvalue weighted by molar-refractivity contribution is 5.89. The van der Waals surface area contributed by atoms with E-state index in [-0.39, 0.29) is 12.3 Å². The van der Waals surface area contributed by atoms with Gasteiger partial charge in [-0.15, -0.1) is 0 Å². The Kier molecular flexibility index (Phi) is 3.88. The standard InChI is InChI=1S/C13H9F3N2O2/c14-9-3-4-10(13(16)12(9)15)17-11(20)7-18-5-1-2-8(19)6-18/h1-6H,7H2,(H-,17,19,20)/p+1. The van der Waals surface area contributed by atoms with Gasteiger partial charge in [0.2, 0.25) is 12.7 Å². The number of carbonyl (C=O) groups is 1. The third-order valence-corrected chi connectivity index (χ3v) is 2.48. The minimum Gasteiger partial charge on any atom is -0.503 e. The quantitative estimate of drug-likeness (QED) is 0.666. The zero-order valence-electron chi connectivity index (χ0n) is 10.1. The van der Waals surface area contributed by atoms with Crippen LogP contribution in [-0.2, 0) is 11.3 Å². The van der Waals surface area contributed by atoms with Gasteiger partial charge in [0.15, 0.2) is 29.4 Å². The molecule has 0 spiro atoms. The summed E-state index contributed by atoms with van der Waals surface area (Å²) in [5.74, 6) is -5.13. The monoisotopic (exact) mass is 283 g/mol. The van der Waals surface area contributed by atoms with Gasteiger partial charge in [-0.05, 0) is 18.2 Å². The summed E-state index contributed by atoms with van der Waals surface area (Å²) >= 11 is 0. The van der Waals surface area contributed by atoms with E-state index in [4.69, 9.17) is 0 Å². The Labute approximate surface area is 112 Å². The van der Waals surface area contributed by atoms with Crippen LogP contribution in [0.3, 0.4) is 0 Å². The number of nitrogens with one attached hydrogen (secondary N) is 1. The second kappa shape index (κ2) is 5.60. The third kappa shape index (κ3) is 3.05. The maximum Gasteiger partial charge on any atom is 0.290 e. The molecule has 0 aliphatic carbocycles. The fourth-order valence-corrected chi connectivity index (χ4v) is 1.58. The molecule has 20 heavy (non-hydrogen) atoms. The lowest BCUT2D eigenvalue weighted by molar-refractivity contribution is -0.684. The van der Waals surface area contributed by atoms with Crippen LogP contribution in [0, 0.1) is 17.5 Å². The lowest BCUT2D eigenvalue weighted by Gasteiger charge is -2.05. The summed E-state index contributed by atoms with van der Waals surface area (Å²) in [5, 5.41) is 11.3. The first-order chi connectivity index (χ1) is 9.47. The van der Waals surface area contributed by atoms with Gasteiger partial charge in [-0.3, -0.25) is 4.79 Å². The van der Waals surface area contributed by atoms with E-state index >= 15 is 0 Å². The molecule has 1 aromatic heterocycles. The number of rotatable bonds is 3. The zero-order valence-corrected chi connectivity index (χ0v) is 10.1. The molecular weight excluding hydrogens is 273 g/mol. The minimum absolute atomic E-state index is 0.0423. The van der Waals surface area contributed by atoms with E-state index in [0.717, 1.165) is 12.1 Å². The van der Waals surface area contributed by atoms with Gasteiger partial charge in [-0.1, -0.05) is 0 Å². The fraction of sp³-hybridized carbons (Fsp3) is 0.0769. The lowest BCUT2D eigenvalue weighted by atomic mass is 10.2. The fourth-order valence-electron chi connectivity index (χ4n) is 1.58. The second-order valence-corrected chi connectivity index (χ2v) is 4.01. The predicted molar refractivity (Wildman–Crippen MR) is 63.2 cm³/mol. The molecule has 7 heteroatoms. The molecular formula is C13H10F3N2O2+. The number of halogens is 3. The van der Waals surface area contributed by atoms with Crippen molar-refractivity contribution in [2.75, 3.05) is 5.32 Å². The Bertz CT molecular complexity index is 662. The Balaban J connectivity index is 2.11. The van der Waals surface area contributed by atoms with Crippen molar-refractivity contribution in [1.82, 2.24) is 0 Å². The highest BCUT2D eigenvalue weighted by Gasteiger charge is 2.17. The van der Waals surface area contributed by atoms with Gasteiger partial charge < -0.3 is 10.4 Å². The van der Waals surface area contributed by atoms with Crippen LogP contribution in [0.25, 0.3) is 0 Å². The van der Waals surface area contributed by atoms with Gasteiger partial charge in [-0.25, -0.2) is 13.2 Å². The van der Waals surface area contributed by atoms with Crippen molar-refractivity contribution in [3.05, 3.63) is 54.1 Å². The summed E-state index contributed by atoms with van der Waals surface area (Å²) in [5.41, 5.74) is -0.449. The maximum atomic E-state index is 13.3. The molecule has 0 aliphatic heterocycles. The number of pyridine rings is 1. The van der Waals surface area contributed by atoms with Crippen LogP contribution in [0.2, 0.25) is 0 Å². The number of hydrogen-bond donors (Lipinski definition) is 2. The first-order valence-electron chi connectivity index (χ1n) is 5.59. The highest BCUT2D eigenvalue weighted by Crippen LogP contribution is 2.19. The van der Waals surface area contributed by atoms with Crippen molar-refractivity contribution in [3.63, 3.8) is 0 Å². The van der Waals surface area contributed by atoms with Crippen LogP contribution in [0.1, 0.15) is 0 Å². The van der Waals surface area contributed by atoms with Crippen LogP contribution >= 0.6 is 0 Å². The van der Waals surface area contributed by atoms with E-state index in [9.17, 15) is 23.1 Å². The van der Waals surface area contributed by atoms with Crippen molar-refractivity contribution < 1.29 is 27.6 Å². The maximum absolute atomic E-state index is 13.3. The molecule has 104 valence electrons. The van der Waals surface area contributed by atoms with Gasteiger partial charge in [0.05, 0.1) is 5.69 Å². The SMILES string of the molecule is O=C(C[n+]1cccc(O)c1)Nc1ccc(F)c(F)c1F. The van der Waals surface area contributed by atoms with Gasteiger partial charge in [0, 0.05) is 6.07 Å².